The van der Waals surface area contributed by atoms with Gasteiger partial charge in [0, 0.05) is 11.0 Å². The van der Waals surface area contributed by atoms with Crippen LogP contribution in [0.15, 0.2) is 28.7 Å². The smallest absolute Gasteiger partial charge is 0.406 e. The first-order chi connectivity index (χ1) is 9.73. The van der Waals surface area contributed by atoms with E-state index in [1.54, 1.807) is 24.3 Å². The maximum absolute atomic E-state index is 12.4. The number of aliphatic hydroxyl groups is 1. The Hall–Kier alpha value is -1.28. The van der Waals surface area contributed by atoms with Crippen molar-refractivity contribution in [3.8, 4) is 5.75 Å². The van der Waals surface area contributed by atoms with Crippen LogP contribution in [0.2, 0.25) is 0 Å². The fourth-order valence-electron chi connectivity index (χ4n) is 1.63. The number of hydrogen-bond donors (Lipinski definition) is 1. The molecular weight excluding hydrogens is 355 g/mol. The molecule has 1 unspecified atom stereocenters. The molecular formula is C13H15BrF3NO3. The second-order valence-electron chi connectivity index (χ2n) is 4.31. The maximum Gasteiger partial charge on any atom is 0.406 e. The van der Waals surface area contributed by atoms with Gasteiger partial charge in [0.1, 0.15) is 12.3 Å². The predicted molar refractivity (Wildman–Crippen MR) is 74.0 cm³/mol. The average molecular weight is 370 g/mol. The molecule has 0 fully saturated rings. The number of halogens is 4. The Bertz CT molecular complexity index is 465. The van der Waals surface area contributed by atoms with Crippen LogP contribution in [0.4, 0.5) is 13.2 Å². The molecule has 1 aromatic rings. The molecule has 0 aromatic heterocycles. The Balaban J connectivity index is 2.71. The van der Waals surface area contributed by atoms with Crippen LogP contribution < -0.4 is 4.74 Å². The van der Waals surface area contributed by atoms with Gasteiger partial charge in [0.25, 0.3) is 5.91 Å². The largest absolute Gasteiger partial charge is 0.481 e. The highest BCUT2D eigenvalue weighted by Gasteiger charge is 2.34. The molecule has 21 heavy (non-hydrogen) atoms. The van der Waals surface area contributed by atoms with Crippen molar-refractivity contribution < 1.29 is 27.8 Å². The first kappa shape index (κ1) is 17.8. The van der Waals surface area contributed by atoms with Gasteiger partial charge in [-0.3, -0.25) is 4.79 Å². The molecule has 0 bridgehead atoms. The number of amides is 1. The molecule has 1 amide bonds. The normalized spacial score (nSPS) is 12.9. The Labute approximate surface area is 128 Å². The molecule has 0 heterocycles. The van der Waals surface area contributed by atoms with Crippen molar-refractivity contribution in [2.75, 3.05) is 19.7 Å². The lowest BCUT2D eigenvalue weighted by molar-refractivity contribution is -0.165. The summed E-state index contributed by atoms with van der Waals surface area (Å²) < 4.78 is 43.3. The number of nitrogens with zero attached hydrogens (tertiary/aromatic N) is 1. The van der Waals surface area contributed by atoms with E-state index in [2.05, 4.69) is 15.9 Å². The fourth-order valence-corrected chi connectivity index (χ4v) is 1.89. The summed E-state index contributed by atoms with van der Waals surface area (Å²) in [6, 6.07) is 6.56. The Morgan fingerprint density at radius 1 is 1.38 bits per heavy atom. The summed E-state index contributed by atoms with van der Waals surface area (Å²) in [5.74, 6) is -0.459. The van der Waals surface area contributed by atoms with Crippen LogP contribution in [-0.4, -0.2) is 47.9 Å². The van der Waals surface area contributed by atoms with Gasteiger partial charge in [0.15, 0.2) is 6.10 Å². The van der Waals surface area contributed by atoms with E-state index in [1.165, 1.54) is 6.92 Å². The van der Waals surface area contributed by atoms with Crippen LogP contribution in [0.5, 0.6) is 5.75 Å². The quantitative estimate of drug-likeness (QED) is 0.838. The monoisotopic (exact) mass is 369 g/mol. The minimum absolute atomic E-state index is 0.370. The molecule has 0 spiro atoms. The van der Waals surface area contributed by atoms with E-state index in [1.807, 2.05) is 0 Å². The van der Waals surface area contributed by atoms with Crippen molar-refractivity contribution in [2.45, 2.75) is 19.2 Å². The minimum atomic E-state index is -4.53. The van der Waals surface area contributed by atoms with Crippen molar-refractivity contribution in [2.24, 2.45) is 0 Å². The summed E-state index contributed by atoms with van der Waals surface area (Å²) in [4.78, 5) is 12.5. The van der Waals surface area contributed by atoms with Crippen molar-refractivity contribution in [1.29, 1.82) is 0 Å². The van der Waals surface area contributed by atoms with Crippen LogP contribution in [0.25, 0.3) is 0 Å². The predicted octanol–water partition coefficient (Wildman–Crippen LogP) is 2.60. The van der Waals surface area contributed by atoms with E-state index >= 15 is 0 Å². The number of alkyl halides is 3. The first-order valence-electron chi connectivity index (χ1n) is 6.11. The second kappa shape index (κ2) is 7.65. The lowest BCUT2D eigenvalue weighted by Crippen LogP contribution is -2.46. The van der Waals surface area contributed by atoms with Crippen molar-refractivity contribution in [3.05, 3.63) is 28.7 Å². The molecule has 0 radical (unpaired) electrons. The number of aliphatic hydroxyl groups excluding tert-OH is 1. The van der Waals surface area contributed by atoms with E-state index in [4.69, 9.17) is 9.84 Å². The van der Waals surface area contributed by atoms with Crippen molar-refractivity contribution >= 4 is 21.8 Å². The second-order valence-corrected chi connectivity index (χ2v) is 5.23. The van der Waals surface area contributed by atoms with Gasteiger partial charge >= 0.3 is 6.18 Å². The molecule has 0 aliphatic carbocycles. The third-order valence-electron chi connectivity index (χ3n) is 2.53. The molecule has 1 aromatic carbocycles. The molecule has 0 aliphatic rings. The molecule has 0 aliphatic heterocycles. The van der Waals surface area contributed by atoms with Crippen molar-refractivity contribution in [3.63, 3.8) is 0 Å². The first-order valence-corrected chi connectivity index (χ1v) is 6.91. The molecule has 1 atom stereocenters. The molecule has 8 heteroatoms. The SMILES string of the molecule is CC(Oc1ccc(Br)cc1)C(=O)N(CCO)CC(F)(F)F. The molecule has 1 N–H and O–H groups in total. The number of ether oxygens (including phenoxy) is 1. The molecule has 4 nitrogen and oxygen atoms in total. The standard InChI is InChI=1S/C13H15BrF3NO3/c1-9(21-11-4-2-10(14)3-5-11)12(20)18(6-7-19)8-13(15,16)17/h2-5,9,19H,6-8H2,1H3. The number of carbonyl (C=O) groups excluding carboxylic acids is 1. The molecule has 1 rings (SSSR count). The van der Waals surface area contributed by atoms with Crippen LogP contribution in [-0.2, 0) is 4.79 Å². The van der Waals surface area contributed by atoms with Crippen LogP contribution in [0, 0.1) is 0 Å². The van der Waals surface area contributed by atoms with E-state index in [-0.39, 0.29) is 0 Å². The zero-order chi connectivity index (χ0) is 16.0. The topological polar surface area (TPSA) is 49.8 Å². The van der Waals surface area contributed by atoms with E-state index in [0.717, 1.165) is 4.47 Å². The van der Waals surface area contributed by atoms with Crippen LogP contribution in [0.3, 0.4) is 0 Å². The Morgan fingerprint density at radius 2 is 1.95 bits per heavy atom. The third-order valence-corrected chi connectivity index (χ3v) is 3.05. The molecule has 0 saturated heterocycles. The summed E-state index contributed by atoms with van der Waals surface area (Å²) in [6.45, 7) is -0.995. The zero-order valence-corrected chi connectivity index (χ0v) is 12.8. The highest BCUT2D eigenvalue weighted by molar-refractivity contribution is 9.10. The van der Waals surface area contributed by atoms with Crippen LogP contribution in [0.1, 0.15) is 6.92 Å². The van der Waals surface area contributed by atoms with E-state index in [9.17, 15) is 18.0 Å². The summed E-state index contributed by atoms with van der Waals surface area (Å²) >= 11 is 3.23. The summed E-state index contributed by atoms with van der Waals surface area (Å²) in [6.07, 6.45) is -5.61. The number of hydrogen-bond acceptors (Lipinski definition) is 3. The summed E-state index contributed by atoms with van der Waals surface area (Å²) in [5, 5.41) is 8.78. The highest BCUT2D eigenvalue weighted by atomic mass is 79.9. The lowest BCUT2D eigenvalue weighted by atomic mass is 10.3. The van der Waals surface area contributed by atoms with Gasteiger partial charge in [-0.05, 0) is 31.2 Å². The van der Waals surface area contributed by atoms with E-state index < -0.39 is 37.9 Å². The van der Waals surface area contributed by atoms with Gasteiger partial charge in [0.05, 0.1) is 6.61 Å². The molecule has 0 saturated carbocycles. The number of benzene rings is 1. The van der Waals surface area contributed by atoms with Gasteiger partial charge in [-0.1, -0.05) is 15.9 Å². The van der Waals surface area contributed by atoms with Crippen LogP contribution >= 0.6 is 15.9 Å². The average Bonchev–Trinajstić information content (AvgIpc) is 2.38. The highest BCUT2D eigenvalue weighted by Crippen LogP contribution is 2.20. The lowest BCUT2D eigenvalue weighted by Gasteiger charge is -2.26. The third kappa shape index (κ3) is 6.34. The number of rotatable bonds is 6. The van der Waals surface area contributed by atoms with E-state index in [0.29, 0.717) is 10.6 Å². The Morgan fingerprint density at radius 3 is 2.43 bits per heavy atom. The minimum Gasteiger partial charge on any atom is -0.481 e. The van der Waals surface area contributed by atoms with Crippen molar-refractivity contribution in [1.82, 2.24) is 4.90 Å². The zero-order valence-electron chi connectivity index (χ0n) is 11.2. The maximum atomic E-state index is 12.4. The summed E-state index contributed by atoms with van der Waals surface area (Å²) in [7, 11) is 0. The number of carbonyl (C=O) groups is 1. The van der Waals surface area contributed by atoms with Gasteiger partial charge in [0.2, 0.25) is 0 Å². The van der Waals surface area contributed by atoms with Gasteiger partial charge < -0.3 is 14.7 Å². The van der Waals surface area contributed by atoms with Gasteiger partial charge in [-0.25, -0.2) is 0 Å². The molecule has 118 valence electrons. The summed E-state index contributed by atoms with van der Waals surface area (Å²) in [5.41, 5.74) is 0. The Kier molecular flexibility index (Phi) is 6.47. The van der Waals surface area contributed by atoms with Gasteiger partial charge in [-0.15, -0.1) is 0 Å². The van der Waals surface area contributed by atoms with Gasteiger partial charge in [-0.2, -0.15) is 13.2 Å². The fraction of sp³-hybridized carbons (Fsp3) is 0.462.